The van der Waals surface area contributed by atoms with Crippen LogP contribution in [-0.2, 0) is 11.4 Å². The Morgan fingerprint density at radius 2 is 1.74 bits per heavy atom. The molecular weight excluding hydrogens is 428 g/mol. The van der Waals surface area contributed by atoms with Crippen LogP contribution in [-0.4, -0.2) is 25.8 Å². The van der Waals surface area contributed by atoms with E-state index in [2.05, 4.69) is 43.4 Å². The van der Waals surface area contributed by atoms with Gasteiger partial charge in [0.05, 0.1) is 13.3 Å². The molecule has 3 aromatic rings. The monoisotopic (exact) mass is 460 g/mol. The van der Waals surface area contributed by atoms with Crippen LogP contribution in [0.5, 0.6) is 17.2 Å². The third-order valence-electron chi connectivity index (χ3n) is 5.34. The van der Waals surface area contributed by atoms with Crippen LogP contribution in [0.15, 0.2) is 65.8 Å². The molecule has 0 aliphatic carbocycles. The maximum absolute atomic E-state index is 12.1. The van der Waals surface area contributed by atoms with Gasteiger partial charge < -0.3 is 14.2 Å². The van der Waals surface area contributed by atoms with Gasteiger partial charge >= 0.3 is 0 Å². The first-order chi connectivity index (χ1) is 16.4. The highest BCUT2D eigenvalue weighted by atomic mass is 16.5. The molecule has 0 saturated carbocycles. The highest BCUT2D eigenvalue weighted by Gasteiger charge is 2.08. The molecule has 0 spiro atoms. The highest BCUT2D eigenvalue weighted by molar-refractivity contribution is 5.83. The van der Waals surface area contributed by atoms with Crippen LogP contribution in [0.3, 0.4) is 0 Å². The van der Waals surface area contributed by atoms with Crippen LogP contribution in [0.4, 0.5) is 0 Å². The van der Waals surface area contributed by atoms with Gasteiger partial charge in [-0.1, -0.05) is 49.7 Å². The summed E-state index contributed by atoms with van der Waals surface area (Å²) in [6, 6.07) is 19.5. The van der Waals surface area contributed by atoms with Crippen molar-refractivity contribution in [2.24, 2.45) is 5.10 Å². The second-order valence-corrected chi connectivity index (χ2v) is 8.44. The number of nitrogens with one attached hydrogen (secondary N) is 1. The quantitative estimate of drug-likeness (QED) is 0.318. The van der Waals surface area contributed by atoms with E-state index in [1.165, 1.54) is 11.1 Å². The van der Waals surface area contributed by atoms with Crippen molar-refractivity contribution in [3.63, 3.8) is 0 Å². The Hall–Kier alpha value is -3.80. The summed E-state index contributed by atoms with van der Waals surface area (Å²) in [5, 5.41) is 4.01. The first-order valence-electron chi connectivity index (χ1n) is 11.3. The molecule has 0 aliphatic heterocycles. The first-order valence-corrected chi connectivity index (χ1v) is 11.3. The predicted molar refractivity (Wildman–Crippen MR) is 135 cm³/mol. The van der Waals surface area contributed by atoms with E-state index >= 15 is 0 Å². The van der Waals surface area contributed by atoms with Crippen LogP contribution >= 0.6 is 0 Å². The normalized spacial score (nSPS) is 11.0. The van der Waals surface area contributed by atoms with E-state index in [9.17, 15) is 4.79 Å². The van der Waals surface area contributed by atoms with Gasteiger partial charge in [-0.3, -0.25) is 4.79 Å². The first kappa shape index (κ1) is 24.8. The van der Waals surface area contributed by atoms with E-state index in [4.69, 9.17) is 14.2 Å². The number of benzene rings is 3. The topological polar surface area (TPSA) is 69.2 Å². The molecule has 0 unspecified atom stereocenters. The van der Waals surface area contributed by atoms with Gasteiger partial charge in [-0.2, -0.15) is 5.10 Å². The van der Waals surface area contributed by atoms with Gasteiger partial charge in [0.1, 0.15) is 12.4 Å². The molecule has 0 heterocycles. The van der Waals surface area contributed by atoms with Crippen molar-refractivity contribution < 1.29 is 19.0 Å². The molecule has 0 atom stereocenters. The lowest BCUT2D eigenvalue weighted by molar-refractivity contribution is -0.123. The lowest BCUT2D eigenvalue weighted by atomic mass is 9.98. The molecule has 1 N–H and O–H groups in total. The molecule has 0 bridgehead atoms. The minimum absolute atomic E-state index is 0.118. The van der Waals surface area contributed by atoms with E-state index < -0.39 is 0 Å². The molecule has 178 valence electrons. The Kier molecular flexibility index (Phi) is 8.68. The van der Waals surface area contributed by atoms with Gasteiger partial charge in [0.15, 0.2) is 18.1 Å². The third-order valence-corrected chi connectivity index (χ3v) is 5.34. The second kappa shape index (κ2) is 11.9. The molecule has 0 saturated heterocycles. The van der Waals surface area contributed by atoms with Gasteiger partial charge in [0.2, 0.25) is 0 Å². The summed E-state index contributed by atoms with van der Waals surface area (Å²) in [6.07, 6.45) is 1.55. The molecule has 0 radical (unpaired) electrons. The number of amides is 1. The average molecular weight is 461 g/mol. The van der Waals surface area contributed by atoms with E-state index in [0.29, 0.717) is 29.8 Å². The fourth-order valence-corrected chi connectivity index (χ4v) is 3.47. The van der Waals surface area contributed by atoms with Crippen molar-refractivity contribution in [3.05, 3.63) is 88.5 Å². The number of nitrogens with zero attached hydrogens (tertiary/aromatic N) is 1. The Balaban J connectivity index is 1.51. The smallest absolute Gasteiger partial charge is 0.277 e. The number of carbonyl (C=O) groups excluding carboxylic acids is 1. The maximum Gasteiger partial charge on any atom is 0.277 e. The second-order valence-electron chi connectivity index (χ2n) is 8.44. The minimum atomic E-state index is -0.341. The number of methoxy groups -OCH3 is 1. The molecule has 34 heavy (non-hydrogen) atoms. The van der Waals surface area contributed by atoms with Crippen LogP contribution < -0.4 is 19.6 Å². The SMILES string of the molecule is COc1cc(/C=N/NC(=O)COc2ccc(C(C)C)c(C)c2)ccc1OCc1ccc(C)cc1. The van der Waals surface area contributed by atoms with Gasteiger partial charge in [0.25, 0.3) is 5.91 Å². The number of carbonyl (C=O) groups is 1. The largest absolute Gasteiger partial charge is 0.493 e. The standard InChI is InChI=1S/C28H32N2O4/c1-19(2)25-12-11-24(14-21(25)4)33-18-28(31)30-29-16-23-10-13-26(27(15-23)32-5)34-17-22-8-6-20(3)7-9-22/h6-16,19H,17-18H2,1-5H3,(H,30,31)/b29-16+. The molecule has 1 amide bonds. The van der Waals surface area contributed by atoms with Gasteiger partial charge in [-0.25, -0.2) is 5.43 Å². The van der Waals surface area contributed by atoms with Crippen LogP contribution in [0, 0.1) is 13.8 Å². The highest BCUT2D eigenvalue weighted by Crippen LogP contribution is 2.28. The zero-order valence-electron chi connectivity index (χ0n) is 20.4. The van der Waals surface area contributed by atoms with E-state index in [1.54, 1.807) is 19.4 Å². The molecule has 6 nitrogen and oxygen atoms in total. The summed E-state index contributed by atoms with van der Waals surface area (Å²) in [5.74, 6) is 1.99. The van der Waals surface area contributed by atoms with Crippen molar-refractivity contribution in [1.29, 1.82) is 0 Å². The number of ether oxygens (including phenoxy) is 3. The number of rotatable bonds is 10. The van der Waals surface area contributed by atoms with Crippen molar-refractivity contribution in [2.45, 2.75) is 40.2 Å². The summed E-state index contributed by atoms with van der Waals surface area (Å²) in [7, 11) is 1.59. The van der Waals surface area contributed by atoms with Crippen molar-refractivity contribution in [2.75, 3.05) is 13.7 Å². The molecule has 3 rings (SSSR count). The van der Waals surface area contributed by atoms with Gasteiger partial charge in [-0.05, 0) is 72.4 Å². The van der Waals surface area contributed by atoms with Crippen molar-refractivity contribution >= 4 is 12.1 Å². The number of aryl methyl sites for hydroxylation is 2. The van der Waals surface area contributed by atoms with Gasteiger partial charge in [-0.15, -0.1) is 0 Å². The number of hydrazone groups is 1. The number of hydrogen-bond donors (Lipinski definition) is 1. The molecule has 0 aromatic heterocycles. The summed E-state index contributed by atoms with van der Waals surface area (Å²) >= 11 is 0. The number of hydrogen-bond acceptors (Lipinski definition) is 5. The maximum atomic E-state index is 12.1. The van der Waals surface area contributed by atoms with Crippen LogP contribution in [0.1, 0.15) is 47.6 Å². The zero-order chi connectivity index (χ0) is 24.5. The average Bonchev–Trinajstić information content (AvgIpc) is 2.82. The van der Waals surface area contributed by atoms with E-state index in [-0.39, 0.29) is 12.5 Å². The molecule has 0 fully saturated rings. The van der Waals surface area contributed by atoms with E-state index in [1.807, 2.05) is 49.4 Å². The van der Waals surface area contributed by atoms with Gasteiger partial charge in [0, 0.05) is 0 Å². The van der Waals surface area contributed by atoms with Crippen molar-refractivity contribution in [3.8, 4) is 17.2 Å². The van der Waals surface area contributed by atoms with Crippen LogP contribution in [0.25, 0.3) is 0 Å². The molecule has 3 aromatic carbocycles. The Morgan fingerprint density at radius 3 is 2.41 bits per heavy atom. The fraction of sp³-hybridized carbons (Fsp3) is 0.286. The van der Waals surface area contributed by atoms with Crippen LogP contribution in [0.2, 0.25) is 0 Å². The zero-order valence-corrected chi connectivity index (χ0v) is 20.4. The minimum Gasteiger partial charge on any atom is -0.493 e. The molecular formula is C28H32N2O4. The molecule has 0 aliphatic rings. The molecule has 6 heteroatoms. The lowest BCUT2D eigenvalue weighted by Gasteiger charge is -2.12. The lowest BCUT2D eigenvalue weighted by Crippen LogP contribution is -2.24. The van der Waals surface area contributed by atoms with Crippen molar-refractivity contribution in [1.82, 2.24) is 5.43 Å². The fourth-order valence-electron chi connectivity index (χ4n) is 3.47. The summed E-state index contributed by atoms with van der Waals surface area (Å²) in [6.45, 7) is 8.72. The third kappa shape index (κ3) is 7.10. The predicted octanol–water partition coefficient (Wildman–Crippen LogP) is 5.54. The summed E-state index contributed by atoms with van der Waals surface area (Å²) in [5.41, 5.74) is 7.94. The summed E-state index contributed by atoms with van der Waals surface area (Å²) < 4.78 is 16.9. The van der Waals surface area contributed by atoms with E-state index in [0.717, 1.165) is 16.7 Å². The Labute approximate surface area is 201 Å². The summed E-state index contributed by atoms with van der Waals surface area (Å²) in [4.78, 5) is 12.1. The Bertz CT molecular complexity index is 1140. The Morgan fingerprint density at radius 1 is 0.971 bits per heavy atom.